The van der Waals surface area contributed by atoms with Gasteiger partial charge in [-0.2, -0.15) is 0 Å². The molecule has 0 radical (unpaired) electrons. The highest BCUT2D eigenvalue weighted by Gasteiger charge is 2.37. The van der Waals surface area contributed by atoms with Crippen LogP contribution in [-0.4, -0.2) is 29.0 Å². The van der Waals surface area contributed by atoms with Crippen molar-refractivity contribution in [1.82, 2.24) is 4.90 Å². The number of rotatable bonds is 7. The monoisotopic (exact) mass is 339 g/mol. The molecule has 0 fully saturated rings. The van der Waals surface area contributed by atoms with Crippen LogP contribution in [0.3, 0.4) is 0 Å². The molecular formula is C22H29NO2. The number of carbonyl (C=O) groups excluding carboxylic acids is 1. The van der Waals surface area contributed by atoms with Crippen LogP contribution in [0.1, 0.15) is 44.4 Å². The van der Waals surface area contributed by atoms with E-state index < -0.39 is 11.5 Å². The smallest absolute Gasteiger partial charge is 0.228 e. The molecule has 0 heterocycles. The second-order valence-corrected chi connectivity index (χ2v) is 7.09. The van der Waals surface area contributed by atoms with Gasteiger partial charge in [0.05, 0.1) is 17.6 Å². The van der Waals surface area contributed by atoms with Crippen LogP contribution in [0.2, 0.25) is 0 Å². The van der Waals surface area contributed by atoms with E-state index in [2.05, 4.69) is 12.1 Å². The van der Waals surface area contributed by atoms with Crippen LogP contribution >= 0.6 is 0 Å². The molecule has 0 aromatic heterocycles. The third kappa shape index (κ3) is 4.49. The fourth-order valence-electron chi connectivity index (χ4n) is 3.15. The fraction of sp³-hybridized carbons (Fsp3) is 0.409. The molecule has 0 bridgehead atoms. The first-order valence-corrected chi connectivity index (χ1v) is 8.93. The van der Waals surface area contributed by atoms with E-state index >= 15 is 0 Å². The number of aliphatic hydroxyl groups excluding tert-OH is 1. The molecule has 3 nitrogen and oxygen atoms in total. The molecule has 3 atom stereocenters. The lowest BCUT2D eigenvalue weighted by molar-refractivity contribution is -0.144. The van der Waals surface area contributed by atoms with Crippen LogP contribution in [0.15, 0.2) is 60.7 Å². The van der Waals surface area contributed by atoms with E-state index in [1.54, 1.807) is 11.9 Å². The number of amides is 1. The van der Waals surface area contributed by atoms with Crippen molar-refractivity contribution in [2.24, 2.45) is 5.41 Å². The lowest BCUT2D eigenvalue weighted by Gasteiger charge is -2.37. The van der Waals surface area contributed by atoms with Crippen molar-refractivity contribution in [3.8, 4) is 0 Å². The lowest BCUT2D eigenvalue weighted by atomic mass is 9.79. The molecule has 134 valence electrons. The van der Waals surface area contributed by atoms with Gasteiger partial charge in [-0.1, -0.05) is 74.5 Å². The van der Waals surface area contributed by atoms with Crippen molar-refractivity contribution < 1.29 is 9.90 Å². The van der Waals surface area contributed by atoms with Gasteiger partial charge in [0.2, 0.25) is 5.91 Å². The van der Waals surface area contributed by atoms with Gasteiger partial charge in [0.25, 0.3) is 0 Å². The molecule has 2 aromatic rings. The van der Waals surface area contributed by atoms with Gasteiger partial charge in [0, 0.05) is 7.05 Å². The average Bonchev–Trinajstić information content (AvgIpc) is 2.67. The Morgan fingerprint density at radius 3 is 2.12 bits per heavy atom. The molecular weight excluding hydrogens is 310 g/mol. The summed E-state index contributed by atoms with van der Waals surface area (Å²) >= 11 is 0. The van der Waals surface area contributed by atoms with Crippen LogP contribution in [-0.2, 0) is 11.2 Å². The highest BCUT2D eigenvalue weighted by molar-refractivity contribution is 5.82. The van der Waals surface area contributed by atoms with Crippen molar-refractivity contribution in [2.45, 2.75) is 45.8 Å². The van der Waals surface area contributed by atoms with Gasteiger partial charge in [0.1, 0.15) is 0 Å². The van der Waals surface area contributed by atoms with Crippen molar-refractivity contribution in [3.63, 3.8) is 0 Å². The van der Waals surface area contributed by atoms with E-state index in [-0.39, 0.29) is 11.9 Å². The van der Waals surface area contributed by atoms with Crippen molar-refractivity contribution in [2.75, 3.05) is 7.05 Å². The Balaban J connectivity index is 2.15. The molecule has 0 aliphatic rings. The predicted octanol–water partition coefficient (Wildman–Crippen LogP) is 4.23. The summed E-state index contributed by atoms with van der Waals surface area (Å²) in [6.07, 6.45) is 0.744. The maximum atomic E-state index is 13.2. The Hall–Kier alpha value is -2.13. The van der Waals surface area contributed by atoms with Gasteiger partial charge < -0.3 is 10.0 Å². The summed E-state index contributed by atoms with van der Waals surface area (Å²) in [5, 5.41) is 10.6. The van der Waals surface area contributed by atoms with Gasteiger partial charge >= 0.3 is 0 Å². The second-order valence-electron chi connectivity index (χ2n) is 7.09. The van der Waals surface area contributed by atoms with E-state index in [1.807, 2.05) is 69.3 Å². The first kappa shape index (κ1) is 19.2. The van der Waals surface area contributed by atoms with E-state index in [9.17, 15) is 9.90 Å². The molecule has 0 aliphatic carbocycles. The predicted molar refractivity (Wildman–Crippen MR) is 102 cm³/mol. The number of likely N-dealkylation sites (N-methyl/N-ethyl adjacent to an activating group) is 1. The van der Waals surface area contributed by atoms with E-state index in [4.69, 9.17) is 0 Å². The van der Waals surface area contributed by atoms with Gasteiger partial charge in [-0.15, -0.1) is 0 Å². The maximum absolute atomic E-state index is 13.2. The second kappa shape index (κ2) is 8.30. The summed E-state index contributed by atoms with van der Waals surface area (Å²) < 4.78 is 0. The molecule has 0 saturated carbocycles. The molecule has 2 rings (SSSR count). The number of nitrogens with zero attached hydrogens (tertiary/aromatic N) is 1. The molecule has 0 spiro atoms. The molecule has 25 heavy (non-hydrogen) atoms. The fourth-order valence-corrected chi connectivity index (χ4v) is 3.15. The third-order valence-corrected chi connectivity index (χ3v) is 5.26. The van der Waals surface area contributed by atoms with E-state index in [0.717, 1.165) is 17.5 Å². The zero-order valence-electron chi connectivity index (χ0n) is 15.6. The average molecular weight is 339 g/mol. The maximum Gasteiger partial charge on any atom is 0.228 e. The number of hydrogen-bond donors (Lipinski definition) is 1. The summed E-state index contributed by atoms with van der Waals surface area (Å²) in [7, 11) is 1.79. The zero-order valence-corrected chi connectivity index (χ0v) is 15.6. The Morgan fingerprint density at radius 2 is 1.60 bits per heavy atom. The first-order chi connectivity index (χ1) is 11.9. The Kier molecular flexibility index (Phi) is 6.38. The summed E-state index contributed by atoms with van der Waals surface area (Å²) in [6.45, 7) is 5.96. The highest BCUT2D eigenvalue weighted by atomic mass is 16.3. The van der Waals surface area contributed by atoms with E-state index in [0.29, 0.717) is 6.42 Å². The summed E-state index contributed by atoms with van der Waals surface area (Å²) in [5.74, 6) is 0.0707. The van der Waals surface area contributed by atoms with Gasteiger partial charge in [-0.25, -0.2) is 0 Å². The normalized spacial score (nSPS) is 15.9. The topological polar surface area (TPSA) is 40.5 Å². The quantitative estimate of drug-likeness (QED) is 0.820. The van der Waals surface area contributed by atoms with Crippen LogP contribution in [0, 0.1) is 5.41 Å². The molecule has 0 aliphatic heterocycles. The van der Waals surface area contributed by atoms with E-state index in [1.165, 1.54) is 0 Å². The molecule has 0 unspecified atom stereocenters. The molecule has 0 saturated heterocycles. The summed E-state index contributed by atoms with van der Waals surface area (Å²) in [6, 6.07) is 19.3. The minimum atomic E-state index is -0.701. The lowest BCUT2D eigenvalue weighted by Crippen LogP contribution is -2.47. The minimum Gasteiger partial charge on any atom is -0.386 e. The molecule has 3 heteroatoms. The number of carbonyl (C=O) groups is 1. The standard InChI is InChI=1S/C22H29NO2/c1-5-22(3,16-18-12-8-6-9-13-18)21(25)23(4)17(2)20(24)19-14-10-7-11-15-19/h6-15,17,20,24H,5,16H2,1-4H3/t17-,20+,22-/m0/s1. The van der Waals surface area contributed by atoms with Crippen LogP contribution in [0.4, 0.5) is 0 Å². The van der Waals surface area contributed by atoms with Crippen LogP contribution in [0.25, 0.3) is 0 Å². The zero-order chi connectivity index (χ0) is 18.4. The van der Waals surface area contributed by atoms with Crippen molar-refractivity contribution in [1.29, 1.82) is 0 Å². The van der Waals surface area contributed by atoms with Crippen molar-refractivity contribution >= 4 is 5.91 Å². The number of benzene rings is 2. The van der Waals surface area contributed by atoms with Crippen LogP contribution in [0.5, 0.6) is 0 Å². The summed E-state index contributed by atoms with van der Waals surface area (Å²) in [5.41, 5.74) is 1.50. The largest absolute Gasteiger partial charge is 0.386 e. The first-order valence-electron chi connectivity index (χ1n) is 8.93. The van der Waals surface area contributed by atoms with Crippen molar-refractivity contribution in [3.05, 3.63) is 71.8 Å². The Morgan fingerprint density at radius 1 is 1.08 bits per heavy atom. The third-order valence-electron chi connectivity index (χ3n) is 5.26. The van der Waals surface area contributed by atoms with Crippen LogP contribution < -0.4 is 0 Å². The minimum absolute atomic E-state index is 0.0707. The van der Waals surface area contributed by atoms with Gasteiger partial charge in [0.15, 0.2) is 0 Å². The molecule has 1 N–H and O–H groups in total. The van der Waals surface area contributed by atoms with Gasteiger partial charge in [-0.05, 0) is 30.9 Å². The molecule has 2 aromatic carbocycles. The SMILES string of the molecule is CC[C@@](C)(Cc1ccccc1)C(=O)N(C)[C@@H](C)[C@@H](O)c1ccccc1. The molecule has 1 amide bonds. The summed E-state index contributed by atoms with van der Waals surface area (Å²) in [4.78, 5) is 14.9. The Bertz CT molecular complexity index is 671. The highest BCUT2D eigenvalue weighted by Crippen LogP contribution is 2.31. The Labute approximate surface area is 151 Å². The number of hydrogen-bond acceptors (Lipinski definition) is 2. The van der Waals surface area contributed by atoms with Gasteiger partial charge in [-0.3, -0.25) is 4.79 Å². The number of aliphatic hydroxyl groups is 1.